The summed E-state index contributed by atoms with van der Waals surface area (Å²) < 4.78 is 23.0. The Kier molecular flexibility index (Phi) is 6.47. The summed E-state index contributed by atoms with van der Waals surface area (Å²) in [7, 11) is 0. The molecule has 100 valence electrons. The van der Waals surface area contributed by atoms with Crippen molar-refractivity contribution in [3.63, 3.8) is 0 Å². The standard InChI is InChI=1S/C12H17O4PS/c1-3-8-18-17(14,15-4-2)16-12-7-5-6-11(9-12)10-13/h5-7,9-10H,3-4,8H2,1-2H3. The molecular weight excluding hydrogens is 271 g/mol. The fourth-order valence-corrected chi connectivity index (χ4v) is 4.67. The van der Waals surface area contributed by atoms with Gasteiger partial charge >= 0.3 is 6.80 Å². The van der Waals surface area contributed by atoms with Gasteiger partial charge in [0, 0.05) is 11.3 Å². The highest BCUT2D eigenvalue weighted by Gasteiger charge is 2.26. The van der Waals surface area contributed by atoms with Crippen molar-refractivity contribution in [3.05, 3.63) is 29.8 Å². The minimum atomic E-state index is -3.19. The van der Waals surface area contributed by atoms with E-state index < -0.39 is 6.80 Å². The van der Waals surface area contributed by atoms with E-state index in [1.807, 2.05) is 6.92 Å². The number of carbonyl (C=O) groups excluding carboxylic acids is 1. The van der Waals surface area contributed by atoms with Crippen molar-refractivity contribution in [1.29, 1.82) is 0 Å². The molecule has 0 amide bonds. The minimum absolute atomic E-state index is 0.321. The number of carbonyl (C=O) groups is 1. The molecule has 0 aliphatic heterocycles. The Morgan fingerprint density at radius 2 is 2.17 bits per heavy atom. The molecule has 0 aliphatic rings. The Bertz CT molecular complexity index is 436. The van der Waals surface area contributed by atoms with Gasteiger partial charge in [-0.15, -0.1) is 0 Å². The van der Waals surface area contributed by atoms with E-state index in [-0.39, 0.29) is 0 Å². The van der Waals surface area contributed by atoms with Crippen LogP contribution in [0.5, 0.6) is 5.75 Å². The second kappa shape index (κ2) is 7.62. The van der Waals surface area contributed by atoms with E-state index in [0.29, 0.717) is 23.7 Å². The zero-order valence-corrected chi connectivity index (χ0v) is 12.2. The lowest BCUT2D eigenvalue weighted by molar-refractivity contribution is 0.112. The number of rotatable bonds is 8. The van der Waals surface area contributed by atoms with Gasteiger partial charge in [0.15, 0.2) is 0 Å². The molecule has 0 saturated carbocycles. The number of aldehydes is 1. The lowest BCUT2D eigenvalue weighted by atomic mass is 10.2. The Labute approximate surface area is 111 Å². The van der Waals surface area contributed by atoms with Crippen molar-refractivity contribution in [2.24, 2.45) is 0 Å². The van der Waals surface area contributed by atoms with Crippen molar-refractivity contribution in [2.75, 3.05) is 12.4 Å². The van der Waals surface area contributed by atoms with Crippen LogP contribution in [0.3, 0.4) is 0 Å². The maximum atomic E-state index is 12.4. The molecule has 0 radical (unpaired) electrons. The third kappa shape index (κ3) is 4.84. The van der Waals surface area contributed by atoms with Crippen LogP contribution >= 0.6 is 18.2 Å². The molecule has 18 heavy (non-hydrogen) atoms. The summed E-state index contributed by atoms with van der Waals surface area (Å²) >= 11 is 1.18. The van der Waals surface area contributed by atoms with E-state index in [0.717, 1.165) is 12.7 Å². The highest BCUT2D eigenvalue weighted by Crippen LogP contribution is 2.60. The van der Waals surface area contributed by atoms with Gasteiger partial charge in [-0.05, 0) is 36.9 Å². The SMILES string of the molecule is CCCSP(=O)(OCC)Oc1cccc(C=O)c1. The quantitative estimate of drug-likeness (QED) is 0.531. The summed E-state index contributed by atoms with van der Waals surface area (Å²) in [6, 6.07) is 6.54. The first-order chi connectivity index (χ1) is 8.63. The van der Waals surface area contributed by atoms with Gasteiger partial charge in [-0.25, -0.2) is 4.57 Å². The summed E-state index contributed by atoms with van der Waals surface area (Å²) in [5.41, 5.74) is 0.482. The molecule has 0 saturated heterocycles. The molecule has 0 fully saturated rings. The Morgan fingerprint density at radius 1 is 1.39 bits per heavy atom. The predicted molar refractivity (Wildman–Crippen MR) is 74.4 cm³/mol. The molecule has 0 heterocycles. The highest BCUT2D eigenvalue weighted by molar-refractivity contribution is 8.55. The number of benzene rings is 1. The van der Waals surface area contributed by atoms with Crippen LogP contribution in [-0.2, 0) is 9.09 Å². The first kappa shape index (κ1) is 15.3. The van der Waals surface area contributed by atoms with Gasteiger partial charge in [-0.1, -0.05) is 19.1 Å². The molecule has 1 atom stereocenters. The maximum absolute atomic E-state index is 12.4. The normalized spacial score (nSPS) is 13.9. The maximum Gasteiger partial charge on any atom is 0.440 e. The van der Waals surface area contributed by atoms with Gasteiger partial charge in [-0.2, -0.15) is 0 Å². The van der Waals surface area contributed by atoms with Gasteiger partial charge in [-0.3, -0.25) is 9.32 Å². The molecule has 0 spiro atoms. The van der Waals surface area contributed by atoms with Gasteiger partial charge in [0.25, 0.3) is 0 Å². The second-order valence-electron chi connectivity index (χ2n) is 3.48. The topological polar surface area (TPSA) is 52.6 Å². The smallest absolute Gasteiger partial charge is 0.417 e. The van der Waals surface area contributed by atoms with E-state index in [9.17, 15) is 9.36 Å². The van der Waals surface area contributed by atoms with Crippen LogP contribution in [0, 0.1) is 0 Å². The molecule has 4 nitrogen and oxygen atoms in total. The molecule has 1 aromatic rings. The van der Waals surface area contributed by atoms with Crippen LogP contribution in [0.2, 0.25) is 0 Å². The largest absolute Gasteiger partial charge is 0.440 e. The van der Waals surface area contributed by atoms with Crippen LogP contribution in [0.25, 0.3) is 0 Å². The van der Waals surface area contributed by atoms with Crippen LogP contribution < -0.4 is 4.52 Å². The average Bonchev–Trinajstić information content (AvgIpc) is 2.37. The molecule has 0 bridgehead atoms. The molecular formula is C12H17O4PS. The summed E-state index contributed by atoms with van der Waals surface area (Å²) in [5, 5.41) is 0. The van der Waals surface area contributed by atoms with Gasteiger partial charge in [0.05, 0.1) is 6.61 Å². The molecule has 0 N–H and O–H groups in total. The molecule has 1 aromatic carbocycles. The first-order valence-corrected chi connectivity index (χ1v) is 8.91. The molecule has 6 heteroatoms. The Hall–Kier alpha value is -0.770. The van der Waals surface area contributed by atoms with E-state index >= 15 is 0 Å². The fourth-order valence-electron chi connectivity index (χ4n) is 1.22. The van der Waals surface area contributed by atoms with Crippen molar-refractivity contribution >= 4 is 24.5 Å². The van der Waals surface area contributed by atoms with Gasteiger partial charge < -0.3 is 4.52 Å². The van der Waals surface area contributed by atoms with E-state index in [4.69, 9.17) is 9.05 Å². The number of hydrogen-bond acceptors (Lipinski definition) is 5. The third-order valence-electron chi connectivity index (χ3n) is 1.95. The molecule has 0 aromatic heterocycles. The summed E-state index contributed by atoms with van der Waals surface area (Å²) in [6.45, 7) is 0.898. The minimum Gasteiger partial charge on any atom is -0.417 e. The van der Waals surface area contributed by atoms with Crippen molar-refractivity contribution in [1.82, 2.24) is 0 Å². The summed E-state index contributed by atoms with van der Waals surface area (Å²) in [4.78, 5) is 10.7. The lowest BCUT2D eigenvalue weighted by Crippen LogP contribution is -1.96. The van der Waals surface area contributed by atoms with Gasteiger partial charge in [0.1, 0.15) is 12.0 Å². The zero-order chi connectivity index (χ0) is 13.4. The van der Waals surface area contributed by atoms with E-state index in [1.54, 1.807) is 31.2 Å². The highest BCUT2D eigenvalue weighted by atomic mass is 32.7. The lowest BCUT2D eigenvalue weighted by Gasteiger charge is -2.17. The molecule has 0 aliphatic carbocycles. The Balaban J connectivity index is 2.81. The number of hydrogen-bond donors (Lipinski definition) is 0. The van der Waals surface area contributed by atoms with Crippen molar-refractivity contribution in [3.8, 4) is 5.75 Å². The van der Waals surface area contributed by atoms with E-state index in [1.165, 1.54) is 11.4 Å². The van der Waals surface area contributed by atoms with Crippen LogP contribution in [0.1, 0.15) is 30.6 Å². The van der Waals surface area contributed by atoms with Crippen LogP contribution in [-0.4, -0.2) is 18.6 Å². The fraction of sp³-hybridized carbons (Fsp3) is 0.417. The Morgan fingerprint density at radius 3 is 2.78 bits per heavy atom. The molecule has 1 unspecified atom stereocenters. The second-order valence-corrected chi connectivity index (χ2v) is 7.60. The van der Waals surface area contributed by atoms with Crippen LogP contribution in [0.15, 0.2) is 24.3 Å². The van der Waals surface area contributed by atoms with Gasteiger partial charge in [0.2, 0.25) is 0 Å². The molecule has 1 rings (SSSR count). The van der Waals surface area contributed by atoms with Crippen molar-refractivity contribution < 1.29 is 18.4 Å². The van der Waals surface area contributed by atoms with Crippen molar-refractivity contribution in [2.45, 2.75) is 20.3 Å². The average molecular weight is 288 g/mol. The first-order valence-electron chi connectivity index (χ1n) is 5.77. The monoisotopic (exact) mass is 288 g/mol. The summed E-state index contributed by atoms with van der Waals surface area (Å²) in [6.07, 6.45) is 1.61. The third-order valence-corrected chi connectivity index (χ3v) is 5.90. The summed E-state index contributed by atoms with van der Waals surface area (Å²) in [5.74, 6) is 1.09. The predicted octanol–water partition coefficient (Wildman–Crippen LogP) is 4.17. The van der Waals surface area contributed by atoms with Crippen LogP contribution in [0.4, 0.5) is 0 Å². The van der Waals surface area contributed by atoms with E-state index in [2.05, 4.69) is 0 Å². The zero-order valence-electron chi connectivity index (χ0n) is 10.5.